The molecule has 31 heavy (non-hydrogen) atoms. The van der Waals surface area contributed by atoms with Gasteiger partial charge in [0.1, 0.15) is 6.61 Å². The average molecular weight is 413 g/mol. The molecular weight excluding hydrogens is 390 g/mol. The van der Waals surface area contributed by atoms with Crippen LogP contribution in [0.4, 0.5) is 0 Å². The zero-order valence-electron chi connectivity index (χ0n) is 17.8. The highest BCUT2D eigenvalue weighted by molar-refractivity contribution is 6.19. The van der Waals surface area contributed by atoms with E-state index in [-0.39, 0.29) is 5.91 Å². The highest BCUT2D eigenvalue weighted by Crippen LogP contribution is 2.45. The summed E-state index contributed by atoms with van der Waals surface area (Å²) in [7, 11) is 1.94. The van der Waals surface area contributed by atoms with Crippen LogP contribution in [0.25, 0.3) is 32.9 Å². The summed E-state index contributed by atoms with van der Waals surface area (Å²) in [4.78, 5) is 21.9. The fraction of sp³-hybridized carbons (Fsp3) is 0.292. The predicted molar refractivity (Wildman–Crippen MR) is 120 cm³/mol. The lowest BCUT2D eigenvalue weighted by Gasteiger charge is -2.19. The molecule has 4 aromatic rings. The fourth-order valence-electron chi connectivity index (χ4n) is 5.13. The van der Waals surface area contributed by atoms with Crippen molar-refractivity contribution in [1.29, 1.82) is 0 Å². The Hall–Kier alpha value is -3.61. The molecule has 0 atom stereocenters. The second kappa shape index (κ2) is 6.44. The third-order valence-electron chi connectivity index (χ3n) is 6.44. The van der Waals surface area contributed by atoms with Crippen molar-refractivity contribution < 1.29 is 9.63 Å². The largest absolute Gasteiger partial charge is 0.396 e. The number of nitrogens with zero attached hydrogens (tertiary/aromatic N) is 3. The van der Waals surface area contributed by atoms with E-state index < -0.39 is 0 Å². The third kappa shape index (κ3) is 2.49. The van der Waals surface area contributed by atoms with Crippen LogP contribution >= 0.6 is 0 Å². The molecule has 0 saturated carbocycles. The molecule has 1 aliphatic carbocycles. The summed E-state index contributed by atoms with van der Waals surface area (Å²) in [6.45, 7) is 4.95. The maximum absolute atomic E-state index is 13.0. The molecule has 0 fully saturated rings. The fourth-order valence-corrected chi connectivity index (χ4v) is 5.13. The molecule has 7 nitrogen and oxygen atoms in total. The molecule has 2 aromatic heterocycles. The molecule has 0 unspecified atom stereocenters. The lowest BCUT2D eigenvalue weighted by atomic mass is 9.83. The first kappa shape index (κ1) is 18.2. The minimum atomic E-state index is 0.00412. The number of rotatable bonds is 3. The normalized spacial score (nSPS) is 15.2. The van der Waals surface area contributed by atoms with Gasteiger partial charge >= 0.3 is 0 Å². The Morgan fingerprint density at radius 3 is 2.97 bits per heavy atom. The minimum Gasteiger partial charge on any atom is -0.396 e. The van der Waals surface area contributed by atoms with Crippen molar-refractivity contribution in [3.63, 3.8) is 0 Å². The van der Waals surface area contributed by atoms with Crippen LogP contribution in [0.15, 0.2) is 29.6 Å². The second-order valence-electron chi connectivity index (χ2n) is 8.28. The zero-order valence-corrected chi connectivity index (χ0v) is 17.8. The van der Waals surface area contributed by atoms with E-state index in [4.69, 9.17) is 4.84 Å². The van der Waals surface area contributed by atoms with Gasteiger partial charge in [-0.1, -0.05) is 11.2 Å². The topological polar surface area (TPSA) is 84.3 Å². The maximum Gasteiger partial charge on any atom is 0.252 e. The summed E-state index contributed by atoms with van der Waals surface area (Å²) in [6, 6.07) is 6.31. The van der Waals surface area contributed by atoms with Crippen LogP contribution in [0.1, 0.15) is 46.6 Å². The minimum absolute atomic E-state index is 0.00412. The summed E-state index contributed by atoms with van der Waals surface area (Å²) in [6.07, 6.45) is 3.78. The zero-order chi connectivity index (χ0) is 21.3. The number of aryl methyl sites for hydroxylation is 3. The van der Waals surface area contributed by atoms with Crippen LogP contribution in [0, 0.1) is 0 Å². The van der Waals surface area contributed by atoms with Crippen molar-refractivity contribution in [2.24, 2.45) is 12.2 Å². The quantitative estimate of drug-likeness (QED) is 0.396. The SMILES string of the molecule is CCO/N=C(\C)c1ccc2[nH]c3c4c(c5c(c3c2c1)CNC5=O)-c1cn(C)nc1CC4. The summed E-state index contributed by atoms with van der Waals surface area (Å²) in [5, 5.41) is 14.1. The molecule has 1 amide bonds. The molecule has 0 spiro atoms. The Kier molecular flexibility index (Phi) is 3.78. The Morgan fingerprint density at radius 2 is 2.13 bits per heavy atom. The molecule has 0 bridgehead atoms. The first-order valence-electron chi connectivity index (χ1n) is 10.7. The van der Waals surface area contributed by atoms with E-state index in [1.165, 1.54) is 5.56 Å². The van der Waals surface area contributed by atoms with Crippen LogP contribution in [-0.4, -0.2) is 33.0 Å². The number of oxime groups is 1. The Morgan fingerprint density at radius 1 is 1.26 bits per heavy atom. The maximum atomic E-state index is 13.0. The summed E-state index contributed by atoms with van der Waals surface area (Å²) in [5.41, 5.74) is 10.3. The number of nitrogens with one attached hydrogen (secondary N) is 2. The van der Waals surface area contributed by atoms with Crippen LogP contribution < -0.4 is 5.32 Å². The van der Waals surface area contributed by atoms with E-state index in [0.29, 0.717) is 13.2 Å². The van der Waals surface area contributed by atoms with Crippen LogP contribution in [-0.2, 0) is 31.3 Å². The molecule has 2 aromatic carbocycles. The van der Waals surface area contributed by atoms with E-state index in [0.717, 1.165) is 73.9 Å². The third-order valence-corrected chi connectivity index (χ3v) is 6.44. The van der Waals surface area contributed by atoms with Gasteiger partial charge in [-0.3, -0.25) is 9.48 Å². The van der Waals surface area contributed by atoms with E-state index in [2.05, 4.69) is 38.8 Å². The number of aromatic amines is 1. The molecule has 2 N–H and O–H groups in total. The van der Waals surface area contributed by atoms with Gasteiger partial charge in [-0.25, -0.2) is 0 Å². The standard InChI is InChI=1S/C24H23N5O2/c1-4-31-28-12(2)13-5-7-18-15(9-13)21-16-10-25-24(30)22(16)20-14(23(21)26-18)6-8-19-17(20)11-29(3)27-19/h5,7,9,11,26H,4,6,8,10H2,1-3H3,(H,25,30)/b28-12+. The van der Waals surface area contributed by atoms with Gasteiger partial charge in [0.05, 0.1) is 22.5 Å². The first-order chi connectivity index (χ1) is 15.1. The number of hydrogen-bond donors (Lipinski definition) is 2. The second-order valence-corrected chi connectivity index (χ2v) is 8.28. The average Bonchev–Trinajstić information content (AvgIpc) is 3.45. The molecule has 0 saturated heterocycles. The van der Waals surface area contributed by atoms with Crippen molar-refractivity contribution in [3.8, 4) is 11.1 Å². The van der Waals surface area contributed by atoms with Crippen molar-refractivity contribution in [1.82, 2.24) is 20.1 Å². The molecule has 3 heterocycles. The number of amides is 1. The van der Waals surface area contributed by atoms with Gasteiger partial charge in [0.2, 0.25) is 0 Å². The summed E-state index contributed by atoms with van der Waals surface area (Å²) < 4.78 is 1.85. The molecule has 6 rings (SSSR count). The molecule has 7 heteroatoms. The number of benzene rings is 2. The van der Waals surface area contributed by atoms with Crippen LogP contribution in [0.2, 0.25) is 0 Å². The Labute approximate surface area is 179 Å². The van der Waals surface area contributed by atoms with Gasteiger partial charge in [0.15, 0.2) is 0 Å². The highest BCUT2D eigenvalue weighted by Gasteiger charge is 2.34. The van der Waals surface area contributed by atoms with Crippen LogP contribution in [0.3, 0.4) is 0 Å². The van der Waals surface area contributed by atoms with E-state index >= 15 is 0 Å². The molecule has 0 radical (unpaired) electrons. The summed E-state index contributed by atoms with van der Waals surface area (Å²) >= 11 is 0. The molecule has 1 aliphatic heterocycles. The number of hydrogen-bond acceptors (Lipinski definition) is 4. The van der Waals surface area contributed by atoms with E-state index in [1.807, 2.05) is 31.8 Å². The lowest BCUT2D eigenvalue weighted by molar-refractivity contribution is 0.0966. The van der Waals surface area contributed by atoms with Gasteiger partial charge in [-0.2, -0.15) is 5.10 Å². The van der Waals surface area contributed by atoms with Crippen molar-refractivity contribution in [3.05, 3.63) is 52.3 Å². The van der Waals surface area contributed by atoms with Crippen molar-refractivity contribution >= 4 is 33.4 Å². The number of carbonyl (C=O) groups is 1. The lowest BCUT2D eigenvalue weighted by Crippen LogP contribution is -2.15. The highest BCUT2D eigenvalue weighted by atomic mass is 16.6. The Balaban J connectivity index is 1.69. The van der Waals surface area contributed by atoms with Gasteiger partial charge < -0.3 is 15.1 Å². The van der Waals surface area contributed by atoms with Gasteiger partial charge in [0.25, 0.3) is 5.91 Å². The monoisotopic (exact) mass is 413 g/mol. The number of H-pyrrole nitrogens is 1. The number of carbonyl (C=O) groups excluding carboxylic acids is 1. The van der Waals surface area contributed by atoms with Gasteiger partial charge in [-0.05, 0) is 55.5 Å². The molecule has 2 aliphatic rings. The predicted octanol–water partition coefficient (Wildman–Crippen LogP) is 3.82. The van der Waals surface area contributed by atoms with E-state index in [9.17, 15) is 4.79 Å². The summed E-state index contributed by atoms with van der Waals surface area (Å²) in [5.74, 6) is 0.00412. The number of aromatic nitrogens is 3. The van der Waals surface area contributed by atoms with Gasteiger partial charge in [0, 0.05) is 47.2 Å². The molecular formula is C24H23N5O2. The van der Waals surface area contributed by atoms with Crippen molar-refractivity contribution in [2.75, 3.05) is 6.61 Å². The van der Waals surface area contributed by atoms with Crippen molar-refractivity contribution in [2.45, 2.75) is 33.2 Å². The van der Waals surface area contributed by atoms with Crippen LogP contribution in [0.5, 0.6) is 0 Å². The molecule has 156 valence electrons. The van der Waals surface area contributed by atoms with Gasteiger partial charge in [-0.15, -0.1) is 0 Å². The van der Waals surface area contributed by atoms with E-state index in [1.54, 1.807) is 0 Å². The number of fused-ring (bicyclic) bond motifs is 10. The smallest absolute Gasteiger partial charge is 0.252 e. The first-order valence-corrected chi connectivity index (χ1v) is 10.7. The Bertz CT molecular complexity index is 1440.